The quantitative estimate of drug-likeness (QED) is 0.692. The van der Waals surface area contributed by atoms with E-state index in [2.05, 4.69) is 26.0 Å². The van der Waals surface area contributed by atoms with Gasteiger partial charge < -0.3 is 5.32 Å². The predicted octanol–water partition coefficient (Wildman–Crippen LogP) is 1.39. The Balaban J connectivity index is 2.46. The Morgan fingerprint density at radius 3 is 2.78 bits per heavy atom. The van der Waals surface area contributed by atoms with Crippen molar-refractivity contribution in [2.45, 2.75) is 13.0 Å². The van der Waals surface area contributed by atoms with E-state index in [4.69, 9.17) is 0 Å². The lowest BCUT2D eigenvalue weighted by Crippen LogP contribution is -2.38. The van der Waals surface area contributed by atoms with Crippen molar-refractivity contribution < 1.29 is 8.42 Å². The lowest BCUT2D eigenvalue weighted by atomic mass is 10.4. The molecule has 0 unspecified atom stereocenters. The van der Waals surface area contributed by atoms with Gasteiger partial charge in [0.05, 0.1) is 0 Å². The van der Waals surface area contributed by atoms with Crippen molar-refractivity contribution in [1.29, 1.82) is 0 Å². The topological polar surface area (TPSA) is 61.4 Å². The van der Waals surface area contributed by atoms with Gasteiger partial charge in [0.15, 0.2) is 0 Å². The fourth-order valence-corrected chi connectivity index (χ4v) is 3.76. The van der Waals surface area contributed by atoms with Crippen LogP contribution in [-0.2, 0) is 16.8 Å². The summed E-state index contributed by atoms with van der Waals surface area (Å²) in [6, 6.07) is 1.91. The van der Waals surface area contributed by atoms with Gasteiger partial charge in [-0.05, 0) is 47.4 Å². The van der Waals surface area contributed by atoms with E-state index >= 15 is 0 Å². The normalized spacial score (nSPS) is 12.2. The molecule has 0 bridgehead atoms. The first kappa shape index (κ1) is 16.1. The zero-order valence-corrected chi connectivity index (χ0v) is 13.7. The Bertz CT molecular complexity index is 461. The maximum atomic E-state index is 11.9. The zero-order valence-electron chi connectivity index (χ0n) is 10.4. The van der Waals surface area contributed by atoms with Crippen LogP contribution >= 0.6 is 27.3 Å². The van der Waals surface area contributed by atoms with Gasteiger partial charge in [0.25, 0.3) is 10.2 Å². The number of hydrogen-bond acceptors (Lipinski definition) is 4. The van der Waals surface area contributed by atoms with Crippen molar-refractivity contribution in [2.24, 2.45) is 0 Å². The molecule has 0 spiro atoms. The first-order chi connectivity index (χ1) is 8.47. The monoisotopic (exact) mass is 355 g/mol. The summed E-state index contributed by atoms with van der Waals surface area (Å²) in [4.78, 5) is 0.974. The maximum absolute atomic E-state index is 11.9. The van der Waals surface area contributed by atoms with Crippen LogP contribution in [-0.4, -0.2) is 39.9 Å². The Morgan fingerprint density at radius 1 is 1.50 bits per heavy atom. The number of nitrogens with zero attached hydrogens (tertiary/aromatic N) is 1. The Kier molecular flexibility index (Phi) is 6.75. The minimum Gasteiger partial charge on any atom is -0.320 e. The van der Waals surface area contributed by atoms with E-state index in [-0.39, 0.29) is 0 Å². The lowest BCUT2D eigenvalue weighted by molar-refractivity contribution is 0.448. The van der Waals surface area contributed by atoms with Crippen LogP contribution in [0.5, 0.6) is 0 Å². The molecule has 1 rings (SSSR count). The third-order valence-electron chi connectivity index (χ3n) is 2.42. The van der Waals surface area contributed by atoms with Crippen LogP contribution in [0.3, 0.4) is 0 Å². The van der Waals surface area contributed by atoms with Gasteiger partial charge in [0.1, 0.15) is 0 Å². The van der Waals surface area contributed by atoms with Crippen LogP contribution in [0.4, 0.5) is 0 Å². The molecule has 1 aromatic heterocycles. The number of hydrogen-bond donors (Lipinski definition) is 2. The van der Waals surface area contributed by atoms with E-state index in [0.717, 1.165) is 22.3 Å². The van der Waals surface area contributed by atoms with Gasteiger partial charge in [-0.1, -0.05) is 0 Å². The van der Waals surface area contributed by atoms with Gasteiger partial charge >= 0.3 is 0 Å². The first-order valence-electron chi connectivity index (χ1n) is 5.54. The van der Waals surface area contributed by atoms with Gasteiger partial charge in [-0.25, -0.2) is 0 Å². The van der Waals surface area contributed by atoms with Crippen molar-refractivity contribution in [1.82, 2.24) is 14.3 Å². The molecule has 8 heteroatoms. The van der Waals surface area contributed by atoms with E-state index in [9.17, 15) is 8.42 Å². The molecule has 0 saturated carbocycles. The third-order valence-corrected chi connectivity index (χ3v) is 5.85. The Morgan fingerprint density at radius 2 is 2.22 bits per heavy atom. The van der Waals surface area contributed by atoms with E-state index < -0.39 is 10.2 Å². The molecule has 0 aromatic carbocycles. The second kappa shape index (κ2) is 7.56. The zero-order chi connectivity index (χ0) is 13.6. The Hall–Kier alpha value is 0.01000. The number of halogens is 1. The molecule has 104 valence electrons. The molecule has 0 aliphatic heterocycles. The summed E-state index contributed by atoms with van der Waals surface area (Å²) in [5, 5.41) is 4.91. The van der Waals surface area contributed by atoms with Gasteiger partial charge in [0.2, 0.25) is 0 Å². The minimum absolute atomic E-state index is 0.316. The van der Waals surface area contributed by atoms with Crippen molar-refractivity contribution in [3.63, 3.8) is 0 Å². The molecular formula is C10H18BrN3O2S2. The summed E-state index contributed by atoms with van der Waals surface area (Å²) < 4.78 is 28.7. The second-order valence-corrected chi connectivity index (χ2v) is 7.51. The summed E-state index contributed by atoms with van der Waals surface area (Å²) >= 11 is 4.90. The fourth-order valence-electron chi connectivity index (χ4n) is 1.32. The molecule has 0 aliphatic rings. The standard InChI is InChI=1S/C10H18BrN3O2S2/c1-12-5-3-6-14(2)18(15,16)13-8-10-9(11)4-7-17-10/h4,7,12-13H,3,5-6,8H2,1-2H3. The highest BCUT2D eigenvalue weighted by molar-refractivity contribution is 9.10. The minimum atomic E-state index is -3.39. The molecule has 1 heterocycles. The number of nitrogens with one attached hydrogen (secondary N) is 2. The molecule has 0 aliphatic carbocycles. The average molecular weight is 356 g/mol. The maximum Gasteiger partial charge on any atom is 0.279 e. The van der Waals surface area contributed by atoms with Crippen LogP contribution < -0.4 is 10.0 Å². The fraction of sp³-hybridized carbons (Fsp3) is 0.600. The molecular weight excluding hydrogens is 338 g/mol. The smallest absolute Gasteiger partial charge is 0.279 e. The summed E-state index contributed by atoms with van der Waals surface area (Å²) in [5.41, 5.74) is 0. The predicted molar refractivity (Wildman–Crippen MR) is 79.0 cm³/mol. The molecule has 0 atom stereocenters. The van der Waals surface area contributed by atoms with Gasteiger partial charge in [-0.3, -0.25) is 0 Å². The first-order valence-corrected chi connectivity index (χ1v) is 8.66. The summed E-state index contributed by atoms with van der Waals surface area (Å²) in [5.74, 6) is 0. The van der Waals surface area contributed by atoms with E-state index in [1.807, 2.05) is 18.5 Å². The average Bonchev–Trinajstić information content (AvgIpc) is 2.72. The molecule has 5 nitrogen and oxygen atoms in total. The molecule has 0 fully saturated rings. The number of thiophene rings is 1. The molecule has 1 aromatic rings. The van der Waals surface area contributed by atoms with E-state index in [0.29, 0.717) is 13.1 Å². The summed E-state index contributed by atoms with van der Waals surface area (Å²) in [6.07, 6.45) is 0.788. The highest BCUT2D eigenvalue weighted by atomic mass is 79.9. The highest BCUT2D eigenvalue weighted by Gasteiger charge is 2.17. The number of rotatable bonds is 8. The summed E-state index contributed by atoms with van der Waals surface area (Å²) in [6.45, 7) is 1.62. The largest absolute Gasteiger partial charge is 0.320 e. The van der Waals surface area contributed by atoms with Gasteiger partial charge in [-0.2, -0.15) is 17.4 Å². The van der Waals surface area contributed by atoms with Crippen molar-refractivity contribution in [2.75, 3.05) is 27.2 Å². The van der Waals surface area contributed by atoms with Crippen molar-refractivity contribution in [3.8, 4) is 0 Å². The second-order valence-electron chi connectivity index (χ2n) is 3.80. The van der Waals surface area contributed by atoms with Crippen molar-refractivity contribution in [3.05, 3.63) is 20.8 Å². The summed E-state index contributed by atoms with van der Waals surface area (Å²) in [7, 11) is 0.0409. The van der Waals surface area contributed by atoms with Crippen LogP contribution in [0.1, 0.15) is 11.3 Å². The molecule has 0 radical (unpaired) electrons. The molecule has 18 heavy (non-hydrogen) atoms. The molecule has 0 amide bonds. The van der Waals surface area contributed by atoms with Gasteiger partial charge in [-0.15, -0.1) is 11.3 Å². The SMILES string of the molecule is CNCCCN(C)S(=O)(=O)NCc1sccc1Br. The van der Waals surface area contributed by atoms with Crippen LogP contribution in [0, 0.1) is 0 Å². The van der Waals surface area contributed by atoms with E-state index in [1.54, 1.807) is 7.05 Å². The van der Waals surface area contributed by atoms with Crippen molar-refractivity contribution >= 4 is 37.5 Å². The van der Waals surface area contributed by atoms with Crippen LogP contribution in [0.15, 0.2) is 15.9 Å². The van der Waals surface area contributed by atoms with Crippen LogP contribution in [0.2, 0.25) is 0 Å². The third kappa shape index (κ3) is 4.94. The highest BCUT2D eigenvalue weighted by Crippen LogP contribution is 2.22. The molecule has 2 N–H and O–H groups in total. The molecule has 0 saturated heterocycles. The Labute approximate surface area is 121 Å². The van der Waals surface area contributed by atoms with Gasteiger partial charge in [0, 0.05) is 29.5 Å². The van der Waals surface area contributed by atoms with Crippen LogP contribution in [0.25, 0.3) is 0 Å². The van der Waals surface area contributed by atoms with E-state index in [1.165, 1.54) is 15.6 Å². The lowest BCUT2D eigenvalue weighted by Gasteiger charge is -2.17.